The van der Waals surface area contributed by atoms with Gasteiger partial charge in [-0.1, -0.05) is 12.1 Å². The summed E-state index contributed by atoms with van der Waals surface area (Å²) in [7, 11) is 0. The molecule has 33 heavy (non-hydrogen) atoms. The van der Waals surface area contributed by atoms with Crippen LogP contribution in [0.3, 0.4) is 0 Å². The van der Waals surface area contributed by atoms with Crippen LogP contribution in [0.25, 0.3) is 11.3 Å². The number of piperidine rings is 1. The molecule has 1 N–H and O–H groups in total. The summed E-state index contributed by atoms with van der Waals surface area (Å²) in [6, 6.07) is 8.46. The number of likely N-dealkylation sites (tertiary alicyclic amines) is 1. The van der Waals surface area contributed by atoms with Crippen molar-refractivity contribution >= 4 is 5.91 Å². The van der Waals surface area contributed by atoms with Crippen molar-refractivity contribution < 1.29 is 31.8 Å². The molecular formula is C22H20F4N4O3. The van der Waals surface area contributed by atoms with Gasteiger partial charge in [0.1, 0.15) is 11.9 Å². The number of aromatic nitrogens is 3. The number of nitrogens with zero attached hydrogens (tertiary/aromatic N) is 3. The maximum atomic E-state index is 14.7. The van der Waals surface area contributed by atoms with E-state index in [4.69, 9.17) is 4.74 Å². The smallest absolute Gasteiger partial charge is 0.471 e. The summed E-state index contributed by atoms with van der Waals surface area (Å²) in [6.07, 6.45) is -1.88. The third-order valence-electron chi connectivity index (χ3n) is 5.16. The maximum Gasteiger partial charge on any atom is 0.573 e. The van der Waals surface area contributed by atoms with Crippen LogP contribution in [0.1, 0.15) is 12.0 Å². The number of ether oxygens (including phenoxy) is 2. The first-order chi connectivity index (χ1) is 15.8. The highest BCUT2D eigenvalue weighted by Gasteiger charge is 2.33. The normalized spacial score (nSPS) is 18.7. The highest BCUT2D eigenvalue weighted by atomic mass is 19.4. The molecule has 1 saturated heterocycles. The number of carbonyl (C=O) groups is 1. The standard InChI is InChI=1S/C22H20F4N4O3/c23-17-12-30(21(31)9-14-1-4-16(5-2-14)33-22(24,25)26)8-7-19(17)32-20-6-3-15(10-28-20)18-11-27-13-29-18/h1-6,10-11,13,17,19H,7-9,12H2,(H,27,29)/t17-,19+/m1/s1. The van der Waals surface area contributed by atoms with Gasteiger partial charge in [-0.3, -0.25) is 4.79 Å². The van der Waals surface area contributed by atoms with Gasteiger partial charge in [0.2, 0.25) is 11.8 Å². The molecule has 1 fully saturated rings. The van der Waals surface area contributed by atoms with Crippen molar-refractivity contribution in [2.45, 2.75) is 31.5 Å². The van der Waals surface area contributed by atoms with E-state index in [0.29, 0.717) is 12.1 Å². The van der Waals surface area contributed by atoms with Crippen LogP contribution in [-0.2, 0) is 11.2 Å². The molecule has 4 rings (SSSR count). The molecule has 0 bridgehead atoms. The van der Waals surface area contributed by atoms with Crippen molar-refractivity contribution in [3.05, 3.63) is 60.7 Å². The Labute approximate surface area is 186 Å². The van der Waals surface area contributed by atoms with Gasteiger partial charge in [-0.05, 0) is 23.8 Å². The van der Waals surface area contributed by atoms with Gasteiger partial charge in [-0.25, -0.2) is 14.4 Å². The highest BCUT2D eigenvalue weighted by molar-refractivity contribution is 5.79. The molecule has 3 heterocycles. The largest absolute Gasteiger partial charge is 0.573 e. The molecule has 7 nitrogen and oxygen atoms in total. The lowest BCUT2D eigenvalue weighted by Gasteiger charge is -2.34. The van der Waals surface area contributed by atoms with E-state index >= 15 is 0 Å². The molecule has 0 unspecified atom stereocenters. The Morgan fingerprint density at radius 1 is 1.15 bits per heavy atom. The second kappa shape index (κ2) is 9.47. The molecule has 1 amide bonds. The van der Waals surface area contributed by atoms with E-state index in [1.807, 2.05) is 0 Å². The minimum absolute atomic E-state index is 0.0544. The minimum atomic E-state index is -4.78. The number of halogens is 4. The molecule has 0 saturated carbocycles. The van der Waals surface area contributed by atoms with Gasteiger partial charge in [0.15, 0.2) is 6.17 Å². The highest BCUT2D eigenvalue weighted by Crippen LogP contribution is 2.25. The lowest BCUT2D eigenvalue weighted by atomic mass is 10.0. The summed E-state index contributed by atoms with van der Waals surface area (Å²) in [5.74, 6) is -0.402. The molecule has 0 spiro atoms. The molecule has 174 valence electrons. The molecular weight excluding hydrogens is 444 g/mol. The van der Waals surface area contributed by atoms with E-state index in [1.54, 1.807) is 30.9 Å². The first-order valence-corrected chi connectivity index (χ1v) is 10.1. The lowest BCUT2D eigenvalue weighted by Crippen LogP contribution is -2.49. The van der Waals surface area contributed by atoms with Gasteiger partial charge in [0.25, 0.3) is 0 Å². The van der Waals surface area contributed by atoms with Crippen molar-refractivity contribution in [3.8, 4) is 22.9 Å². The van der Waals surface area contributed by atoms with E-state index in [0.717, 1.165) is 23.4 Å². The van der Waals surface area contributed by atoms with E-state index in [1.165, 1.54) is 17.0 Å². The first kappa shape index (κ1) is 22.6. The summed E-state index contributed by atoms with van der Waals surface area (Å²) in [6.45, 7) is 0.163. The fourth-order valence-electron chi connectivity index (χ4n) is 3.52. The summed E-state index contributed by atoms with van der Waals surface area (Å²) in [5, 5.41) is 0. The Hall–Kier alpha value is -3.63. The number of aromatic amines is 1. The van der Waals surface area contributed by atoms with Crippen LogP contribution in [0.2, 0.25) is 0 Å². The zero-order chi connectivity index (χ0) is 23.4. The number of nitrogens with one attached hydrogen (secondary N) is 1. The lowest BCUT2D eigenvalue weighted by molar-refractivity contribution is -0.274. The van der Waals surface area contributed by atoms with Gasteiger partial charge < -0.3 is 19.4 Å². The summed E-state index contributed by atoms with van der Waals surface area (Å²) < 4.78 is 60.9. The van der Waals surface area contributed by atoms with E-state index in [2.05, 4.69) is 19.7 Å². The van der Waals surface area contributed by atoms with Crippen LogP contribution in [0.5, 0.6) is 11.6 Å². The second-order valence-corrected chi connectivity index (χ2v) is 7.52. The SMILES string of the molecule is O=C(Cc1ccc(OC(F)(F)F)cc1)N1CC[C@H](Oc2ccc(-c3cnc[nH]3)cn2)[C@H](F)C1. The Morgan fingerprint density at radius 3 is 2.55 bits per heavy atom. The molecule has 3 aromatic rings. The molecule has 11 heteroatoms. The number of hydrogen-bond donors (Lipinski definition) is 1. The third kappa shape index (κ3) is 5.99. The van der Waals surface area contributed by atoms with Gasteiger partial charge in [-0.15, -0.1) is 13.2 Å². The second-order valence-electron chi connectivity index (χ2n) is 7.52. The quantitative estimate of drug-likeness (QED) is 0.560. The van der Waals surface area contributed by atoms with Crippen LogP contribution in [0, 0.1) is 0 Å². The summed E-state index contributed by atoms with van der Waals surface area (Å²) >= 11 is 0. The van der Waals surface area contributed by atoms with Crippen molar-refractivity contribution in [3.63, 3.8) is 0 Å². The molecule has 1 aliphatic rings. The Bertz CT molecular complexity index is 1060. The van der Waals surface area contributed by atoms with Crippen molar-refractivity contribution in [1.82, 2.24) is 19.9 Å². The molecule has 0 aliphatic carbocycles. The predicted octanol–water partition coefficient (Wildman–Crippen LogP) is 3.93. The van der Waals surface area contributed by atoms with Crippen LogP contribution < -0.4 is 9.47 Å². The molecule has 1 aliphatic heterocycles. The van der Waals surface area contributed by atoms with Crippen molar-refractivity contribution in [1.29, 1.82) is 0 Å². The number of benzene rings is 1. The summed E-state index contributed by atoms with van der Waals surface area (Å²) in [4.78, 5) is 25.0. The number of H-pyrrole nitrogens is 1. The third-order valence-corrected chi connectivity index (χ3v) is 5.16. The monoisotopic (exact) mass is 464 g/mol. The Kier molecular flexibility index (Phi) is 6.47. The maximum absolute atomic E-state index is 14.7. The number of imidazole rings is 1. The minimum Gasteiger partial charge on any atom is -0.471 e. The van der Waals surface area contributed by atoms with Gasteiger partial charge in [0, 0.05) is 30.8 Å². The number of hydrogen-bond acceptors (Lipinski definition) is 5. The molecule has 2 aromatic heterocycles. The topological polar surface area (TPSA) is 80.3 Å². The molecule has 2 atom stereocenters. The van der Waals surface area contributed by atoms with Crippen LogP contribution >= 0.6 is 0 Å². The van der Waals surface area contributed by atoms with Gasteiger partial charge in [-0.2, -0.15) is 0 Å². The zero-order valence-corrected chi connectivity index (χ0v) is 17.3. The van der Waals surface area contributed by atoms with Gasteiger partial charge >= 0.3 is 6.36 Å². The average molecular weight is 464 g/mol. The van der Waals surface area contributed by atoms with E-state index in [-0.39, 0.29) is 36.9 Å². The van der Waals surface area contributed by atoms with E-state index in [9.17, 15) is 22.4 Å². The number of rotatable bonds is 6. The molecule has 0 radical (unpaired) electrons. The molecule has 1 aromatic carbocycles. The Balaban J connectivity index is 1.28. The van der Waals surface area contributed by atoms with Gasteiger partial charge in [0.05, 0.1) is 31.2 Å². The van der Waals surface area contributed by atoms with Crippen LogP contribution in [0.15, 0.2) is 55.1 Å². The van der Waals surface area contributed by atoms with Crippen molar-refractivity contribution in [2.75, 3.05) is 13.1 Å². The fraction of sp³-hybridized carbons (Fsp3) is 0.318. The first-order valence-electron chi connectivity index (χ1n) is 10.1. The number of amides is 1. The average Bonchev–Trinajstić information content (AvgIpc) is 3.31. The van der Waals surface area contributed by atoms with Crippen LogP contribution in [0.4, 0.5) is 17.6 Å². The van der Waals surface area contributed by atoms with Crippen molar-refractivity contribution in [2.24, 2.45) is 0 Å². The number of pyridine rings is 1. The predicted molar refractivity (Wildman–Crippen MR) is 109 cm³/mol. The number of carbonyl (C=O) groups excluding carboxylic acids is 1. The Morgan fingerprint density at radius 2 is 1.94 bits per heavy atom. The van der Waals surface area contributed by atoms with Crippen LogP contribution in [-0.4, -0.2) is 57.5 Å². The zero-order valence-electron chi connectivity index (χ0n) is 17.3. The fourth-order valence-corrected chi connectivity index (χ4v) is 3.52. The van der Waals surface area contributed by atoms with E-state index < -0.39 is 18.6 Å². The summed E-state index contributed by atoms with van der Waals surface area (Å²) in [5.41, 5.74) is 2.12. The number of alkyl halides is 4.